The first-order valence-electron chi connectivity index (χ1n) is 6.10. The summed E-state index contributed by atoms with van der Waals surface area (Å²) in [5, 5.41) is 0.283. The number of halogens is 1. The van der Waals surface area contributed by atoms with E-state index in [2.05, 4.69) is 6.92 Å². The average molecular weight is 219 g/mol. The monoisotopic (exact) mass is 218 g/mol. The molecule has 0 saturated carbocycles. The topological polar surface area (TPSA) is 12.5 Å². The summed E-state index contributed by atoms with van der Waals surface area (Å²) in [7, 11) is 0. The minimum atomic E-state index is 0.283. The third-order valence-corrected chi connectivity index (χ3v) is 3.35. The number of alkyl halides is 1. The first-order chi connectivity index (χ1) is 6.84. The van der Waals surface area contributed by atoms with Gasteiger partial charge in [-0.3, -0.25) is 0 Å². The molecule has 0 aliphatic carbocycles. The number of hydrogen-bond donors (Lipinski definition) is 0. The van der Waals surface area contributed by atoms with Crippen LogP contribution in [-0.4, -0.2) is 18.1 Å². The fourth-order valence-electron chi connectivity index (χ4n) is 1.75. The first kappa shape index (κ1) is 12.3. The van der Waals surface area contributed by atoms with Crippen LogP contribution in [0.4, 0.5) is 0 Å². The average Bonchev–Trinajstić information content (AvgIpc) is 2.99. The van der Waals surface area contributed by atoms with E-state index in [-0.39, 0.29) is 5.38 Å². The Morgan fingerprint density at radius 3 is 2.29 bits per heavy atom. The number of rotatable bonds is 9. The second-order valence-corrected chi connectivity index (χ2v) is 4.86. The van der Waals surface area contributed by atoms with Gasteiger partial charge >= 0.3 is 0 Å². The molecule has 14 heavy (non-hydrogen) atoms. The molecule has 1 saturated heterocycles. The highest BCUT2D eigenvalue weighted by Crippen LogP contribution is 2.23. The van der Waals surface area contributed by atoms with E-state index in [9.17, 15) is 0 Å². The van der Waals surface area contributed by atoms with Crippen molar-refractivity contribution in [3.8, 4) is 0 Å². The molecule has 1 rings (SSSR count). The minimum Gasteiger partial charge on any atom is -0.372 e. The molecule has 2 atom stereocenters. The zero-order valence-electron chi connectivity index (χ0n) is 9.30. The van der Waals surface area contributed by atoms with E-state index < -0.39 is 0 Å². The lowest BCUT2D eigenvalue weighted by Crippen LogP contribution is -2.06. The molecular formula is C12H23ClO. The Kier molecular flexibility index (Phi) is 6.63. The zero-order valence-corrected chi connectivity index (χ0v) is 10.1. The van der Waals surface area contributed by atoms with Crippen LogP contribution in [0.5, 0.6) is 0 Å². The first-order valence-corrected chi connectivity index (χ1v) is 6.54. The van der Waals surface area contributed by atoms with Gasteiger partial charge in [0.25, 0.3) is 0 Å². The predicted molar refractivity (Wildman–Crippen MR) is 62.0 cm³/mol. The Bertz CT molecular complexity index is 134. The normalized spacial score (nSPS) is 22.3. The van der Waals surface area contributed by atoms with Gasteiger partial charge in [-0.15, -0.1) is 11.6 Å². The zero-order chi connectivity index (χ0) is 10.2. The van der Waals surface area contributed by atoms with Crippen molar-refractivity contribution in [3.63, 3.8) is 0 Å². The van der Waals surface area contributed by atoms with Crippen molar-refractivity contribution in [2.75, 3.05) is 6.61 Å². The maximum Gasteiger partial charge on any atom is 0.0972 e. The van der Waals surface area contributed by atoms with Crippen LogP contribution in [0.2, 0.25) is 0 Å². The number of hydrogen-bond acceptors (Lipinski definition) is 1. The van der Waals surface area contributed by atoms with Crippen molar-refractivity contribution in [1.82, 2.24) is 0 Å². The molecule has 0 amide bonds. The van der Waals surface area contributed by atoms with Crippen LogP contribution in [0.3, 0.4) is 0 Å². The summed E-state index contributed by atoms with van der Waals surface area (Å²) in [5.41, 5.74) is 0. The highest BCUT2D eigenvalue weighted by molar-refractivity contribution is 6.21. The van der Waals surface area contributed by atoms with Gasteiger partial charge in [0.15, 0.2) is 0 Å². The van der Waals surface area contributed by atoms with Crippen molar-refractivity contribution in [2.45, 2.75) is 69.8 Å². The molecule has 0 bridgehead atoms. The third-order valence-electron chi connectivity index (χ3n) is 2.85. The molecule has 1 fully saturated rings. The highest BCUT2D eigenvalue weighted by atomic mass is 35.5. The molecule has 0 aromatic rings. The number of unbranched alkanes of at least 4 members (excludes halogenated alkanes) is 6. The molecule has 0 spiro atoms. The van der Waals surface area contributed by atoms with Gasteiger partial charge in [0.1, 0.15) is 0 Å². The second kappa shape index (κ2) is 7.53. The number of epoxide rings is 1. The Balaban J connectivity index is 1.75. The third kappa shape index (κ3) is 5.87. The van der Waals surface area contributed by atoms with E-state index in [4.69, 9.17) is 16.3 Å². The standard InChI is InChI=1S/C12H23ClO/c1-2-3-4-5-6-7-8-9-11(13)12-10-14-12/h11-12H,2-10H2,1H3/t11-,12-/m0/s1. The maximum atomic E-state index is 6.12. The molecular weight excluding hydrogens is 196 g/mol. The van der Waals surface area contributed by atoms with Crippen LogP contribution in [0, 0.1) is 0 Å². The van der Waals surface area contributed by atoms with E-state index >= 15 is 0 Å². The van der Waals surface area contributed by atoms with Crippen molar-refractivity contribution >= 4 is 11.6 Å². The van der Waals surface area contributed by atoms with Gasteiger partial charge in [-0.1, -0.05) is 51.9 Å². The van der Waals surface area contributed by atoms with E-state index in [1.165, 1.54) is 44.9 Å². The minimum absolute atomic E-state index is 0.283. The van der Waals surface area contributed by atoms with Crippen LogP contribution >= 0.6 is 11.6 Å². The van der Waals surface area contributed by atoms with Crippen LogP contribution in [0.15, 0.2) is 0 Å². The van der Waals surface area contributed by atoms with E-state index in [0.29, 0.717) is 6.10 Å². The second-order valence-electron chi connectivity index (χ2n) is 4.30. The maximum absolute atomic E-state index is 6.12. The smallest absolute Gasteiger partial charge is 0.0972 e. The van der Waals surface area contributed by atoms with Crippen LogP contribution in [0.25, 0.3) is 0 Å². The molecule has 0 N–H and O–H groups in total. The van der Waals surface area contributed by atoms with Gasteiger partial charge in [0.2, 0.25) is 0 Å². The SMILES string of the molecule is CCCCCCCCC[C@H](Cl)[C@@H]1CO1. The summed E-state index contributed by atoms with van der Waals surface area (Å²) in [6.07, 6.45) is 11.1. The molecule has 0 radical (unpaired) electrons. The molecule has 1 heterocycles. The lowest BCUT2D eigenvalue weighted by molar-refractivity contribution is 0.390. The fourth-order valence-corrected chi connectivity index (χ4v) is 2.05. The van der Waals surface area contributed by atoms with Crippen LogP contribution < -0.4 is 0 Å². The van der Waals surface area contributed by atoms with Crippen molar-refractivity contribution in [3.05, 3.63) is 0 Å². The molecule has 84 valence electrons. The summed E-state index contributed by atoms with van der Waals surface area (Å²) in [6.45, 7) is 3.15. The highest BCUT2D eigenvalue weighted by Gasteiger charge is 2.30. The molecule has 2 heteroatoms. The van der Waals surface area contributed by atoms with Gasteiger partial charge < -0.3 is 4.74 Å². The predicted octanol–water partition coefficient (Wildman–Crippen LogP) is 4.13. The summed E-state index contributed by atoms with van der Waals surface area (Å²) in [5.74, 6) is 0. The summed E-state index contributed by atoms with van der Waals surface area (Å²) in [4.78, 5) is 0. The Morgan fingerprint density at radius 2 is 1.71 bits per heavy atom. The van der Waals surface area contributed by atoms with Crippen LogP contribution in [-0.2, 0) is 4.74 Å². The Morgan fingerprint density at radius 1 is 1.14 bits per heavy atom. The Hall–Kier alpha value is 0.250. The quantitative estimate of drug-likeness (QED) is 0.322. The van der Waals surface area contributed by atoms with Gasteiger partial charge in [-0.05, 0) is 6.42 Å². The number of ether oxygens (including phenoxy) is 1. The molecule has 0 aromatic heterocycles. The lowest BCUT2D eigenvalue weighted by atomic mass is 10.1. The van der Waals surface area contributed by atoms with Gasteiger partial charge in [-0.2, -0.15) is 0 Å². The molecule has 0 aromatic carbocycles. The Labute approximate surface area is 93.2 Å². The summed E-state index contributed by atoms with van der Waals surface area (Å²) in [6, 6.07) is 0. The lowest BCUT2D eigenvalue weighted by Gasteiger charge is -2.05. The van der Waals surface area contributed by atoms with Crippen molar-refractivity contribution in [1.29, 1.82) is 0 Å². The van der Waals surface area contributed by atoms with Gasteiger partial charge in [-0.25, -0.2) is 0 Å². The van der Waals surface area contributed by atoms with E-state index in [0.717, 1.165) is 13.0 Å². The van der Waals surface area contributed by atoms with E-state index in [1.54, 1.807) is 0 Å². The van der Waals surface area contributed by atoms with Gasteiger partial charge in [0, 0.05) is 0 Å². The molecule has 0 unspecified atom stereocenters. The molecule has 1 nitrogen and oxygen atoms in total. The largest absolute Gasteiger partial charge is 0.372 e. The fraction of sp³-hybridized carbons (Fsp3) is 1.00. The molecule has 1 aliphatic heterocycles. The van der Waals surface area contributed by atoms with Crippen molar-refractivity contribution in [2.24, 2.45) is 0 Å². The van der Waals surface area contributed by atoms with Crippen molar-refractivity contribution < 1.29 is 4.74 Å². The summed E-state index contributed by atoms with van der Waals surface area (Å²) >= 11 is 6.12. The van der Waals surface area contributed by atoms with E-state index in [1.807, 2.05) is 0 Å². The van der Waals surface area contributed by atoms with Crippen LogP contribution in [0.1, 0.15) is 58.3 Å². The molecule has 1 aliphatic rings. The summed E-state index contributed by atoms with van der Waals surface area (Å²) < 4.78 is 5.15. The van der Waals surface area contributed by atoms with Gasteiger partial charge in [0.05, 0.1) is 18.1 Å².